The van der Waals surface area contributed by atoms with Crippen molar-refractivity contribution in [2.75, 3.05) is 0 Å². The van der Waals surface area contributed by atoms with E-state index in [-0.39, 0.29) is 11.1 Å². The van der Waals surface area contributed by atoms with Gasteiger partial charge in [-0.3, -0.25) is 0 Å². The van der Waals surface area contributed by atoms with Crippen molar-refractivity contribution in [1.82, 2.24) is 0 Å². The van der Waals surface area contributed by atoms with E-state index in [2.05, 4.69) is 24.9 Å². The molecule has 1 aromatic carbocycles. The molecule has 2 aliphatic rings. The Kier molecular flexibility index (Phi) is 1.99. The molecule has 3 nitrogen and oxygen atoms in total. The van der Waals surface area contributed by atoms with Gasteiger partial charge in [-0.05, 0) is 32.3 Å². The van der Waals surface area contributed by atoms with E-state index in [9.17, 15) is 4.79 Å². The fraction of sp³-hybridized carbons (Fsp3) is 0.500. The molecule has 1 heterocycles. The predicted molar refractivity (Wildman–Crippen MR) is 63.9 cm³/mol. The van der Waals surface area contributed by atoms with Gasteiger partial charge in [0.15, 0.2) is 0 Å². The summed E-state index contributed by atoms with van der Waals surface area (Å²) >= 11 is 0. The Morgan fingerprint density at radius 2 is 2.12 bits per heavy atom. The summed E-state index contributed by atoms with van der Waals surface area (Å²) in [4.78, 5) is 14.5. The normalized spacial score (nSPS) is 22.2. The third kappa shape index (κ3) is 1.58. The zero-order chi connectivity index (χ0) is 12.1. The number of ether oxygens (including phenoxy) is 1. The molecule has 0 radical (unpaired) electrons. The number of fused-ring (bicyclic) bond motifs is 1. The van der Waals surface area contributed by atoms with Gasteiger partial charge in [-0.15, -0.1) is 0 Å². The summed E-state index contributed by atoms with van der Waals surface area (Å²) in [5, 5.41) is 0. The topological polar surface area (TPSA) is 38.7 Å². The first-order valence-electron chi connectivity index (χ1n) is 5.97. The third-order valence-electron chi connectivity index (χ3n) is 3.58. The van der Waals surface area contributed by atoms with Crippen molar-refractivity contribution < 1.29 is 9.53 Å². The van der Waals surface area contributed by atoms with Gasteiger partial charge in [-0.2, -0.15) is 4.99 Å². The molecule has 3 heteroatoms. The third-order valence-corrected chi connectivity index (χ3v) is 3.58. The molecule has 0 amide bonds. The Labute approximate surface area is 101 Å². The highest BCUT2D eigenvalue weighted by Gasteiger charge is 2.48. The lowest BCUT2D eigenvalue weighted by Gasteiger charge is -2.19. The second-order valence-electron chi connectivity index (χ2n) is 5.57. The minimum absolute atomic E-state index is 0.153. The SMILES string of the molecule is CC1(C)Cc2cccc(C3(N=C=O)CC3)c2O1. The van der Waals surface area contributed by atoms with Crippen LogP contribution in [0.4, 0.5) is 0 Å². The van der Waals surface area contributed by atoms with Gasteiger partial charge in [0, 0.05) is 12.0 Å². The van der Waals surface area contributed by atoms with E-state index in [0.29, 0.717) is 0 Å². The highest BCUT2D eigenvalue weighted by molar-refractivity contribution is 5.53. The number of benzene rings is 1. The fourth-order valence-corrected chi connectivity index (χ4v) is 2.63. The van der Waals surface area contributed by atoms with Crippen LogP contribution in [0, 0.1) is 0 Å². The van der Waals surface area contributed by atoms with E-state index in [1.165, 1.54) is 5.56 Å². The molecule has 17 heavy (non-hydrogen) atoms. The number of nitrogens with zero attached hydrogens (tertiary/aromatic N) is 1. The molecule has 1 aliphatic carbocycles. The van der Waals surface area contributed by atoms with Crippen LogP contribution in [-0.2, 0) is 16.8 Å². The van der Waals surface area contributed by atoms with Crippen LogP contribution in [0.1, 0.15) is 37.8 Å². The molecule has 3 rings (SSSR count). The molecular formula is C14H15NO2. The van der Waals surface area contributed by atoms with Crippen molar-refractivity contribution in [2.24, 2.45) is 4.99 Å². The fourth-order valence-electron chi connectivity index (χ4n) is 2.63. The van der Waals surface area contributed by atoms with Crippen LogP contribution in [-0.4, -0.2) is 11.7 Å². The Hall–Kier alpha value is -1.60. The van der Waals surface area contributed by atoms with Gasteiger partial charge in [0.25, 0.3) is 0 Å². The van der Waals surface area contributed by atoms with Gasteiger partial charge in [-0.1, -0.05) is 18.2 Å². The van der Waals surface area contributed by atoms with Gasteiger partial charge < -0.3 is 4.74 Å². The van der Waals surface area contributed by atoms with E-state index in [4.69, 9.17) is 4.74 Å². The van der Waals surface area contributed by atoms with Crippen molar-refractivity contribution in [3.05, 3.63) is 29.3 Å². The molecule has 0 bridgehead atoms. The molecular weight excluding hydrogens is 214 g/mol. The summed E-state index contributed by atoms with van der Waals surface area (Å²) in [6.07, 6.45) is 4.45. The molecule has 0 N–H and O–H groups in total. The second kappa shape index (κ2) is 3.21. The number of rotatable bonds is 2. The molecule has 1 aromatic rings. The molecule has 1 aliphatic heterocycles. The lowest BCUT2D eigenvalue weighted by atomic mass is 9.97. The largest absolute Gasteiger partial charge is 0.487 e. The predicted octanol–water partition coefficient (Wildman–Crippen LogP) is 2.73. The maximum Gasteiger partial charge on any atom is 0.235 e. The average molecular weight is 229 g/mol. The number of carbonyl (C=O) groups excluding carboxylic acids is 1. The molecule has 0 saturated heterocycles. The van der Waals surface area contributed by atoms with Crippen molar-refractivity contribution in [2.45, 2.75) is 44.2 Å². The summed E-state index contributed by atoms with van der Waals surface area (Å²) in [5.74, 6) is 0.939. The molecule has 1 saturated carbocycles. The summed E-state index contributed by atoms with van der Waals surface area (Å²) in [5.41, 5.74) is 1.79. The van der Waals surface area contributed by atoms with Crippen molar-refractivity contribution >= 4 is 6.08 Å². The van der Waals surface area contributed by atoms with Crippen LogP contribution in [0.5, 0.6) is 5.75 Å². The number of hydrogen-bond donors (Lipinski definition) is 0. The highest BCUT2D eigenvalue weighted by atomic mass is 16.5. The first-order valence-corrected chi connectivity index (χ1v) is 5.97. The zero-order valence-corrected chi connectivity index (χ0v) is 10.1. The Bertz CT molecular complexity index is 523. The molecule has 1 fully saturated rings. The summed E-state index contributed by atoms with van der Waals surface area (Å²) < 4.78 is 6.01. The molecule has 88 valence electrons. The van der Waals surface area contributed by atoms with Crippen LogP contribution < -0.4 is 4.74 Å². The average Bonchev–Trinajstić information content (AvgIpc) is 2.94. The van der Waals surface area contributed by atoms with Crippen LogP contribution in [0.15, 0.2) is 23.2 Å². The molecule has 0 unspecified atom stereocenters. The Morgan fingerprint density at radius 1 is 1.35 bits per heavy atom. The van der Waals surface area contributed by atoms with Crippen LogP contribution >= 0.6 is 0 Å². The standard InChI is InChI=1S/C14H15NO2/c1-13(2)8-10-4-3-5-11(12(10)17-13)14(6-7-14)15-9-16/h3-5H,6-8H2,1-2H3. The van der Waals surface area contributed by atoms with Crippen LogP contribution in [0.3, 0.4) is 0 Å². The van der Waals surface area contributed by atoms with Crippen LogP contribution in [0.25, 0.3) is 0 Å². The lowest BCUT2D eigenvalue weighted by molar-refractivity contribution is 0.136. The highest BCUT2D eigenvalue weighted by Crippen LogP contribution is 2.54. The van der Waals surface area contributed by atoms with E-state index >= 15 is 0 Å². The maximum absolute atomic E-state index is 10.5. The molecule has 0 atom stereocenters. The summed E-state index contributed by atoms with van der Waals surface area (Å²) in [7, 11) is 0. The van der Waals surface area contributed by atoms with E-state index < -0.39 is 0 Å². The van der Waals surface area contributed by atoms with Gasteiger partial charge in [-0.25, -0.2) is 4.79 Å². The number of isocyanates is 1. The Balaban J connectivity index is 2.10. The summed E-state index contributed by atoms with van der Waals surface area (Å²) in [6.45, 7) is 4.17. The zero-order valence-electron chi connectivity index (χ0n) is 10.1. The van der Waals surface area contributed by atoms with Gasteiger partial charge in [0.05, 0.1) is 0 Å². The van der Waals surface area contributed by atoms with Gasteiger partial charge in [0.1, 0.15) is 16.9 Å². The van der Waals surface area contributed by atoms with Crippen molar-refractivity contribution in [1.29, 1.82) is 0 Å². The first-order chi connectivity index (χ1) is 8.06. The van der Waals surface area contributed by atoms with E-state index in [1.54, 1.807) is 6.08 Å². The smallest absolute Gasteiger partial charge is 0.235 e. The maximum atomic E-state index is 10.5. The Morgan fingerprint density at radius 3 is 2.76 bits per heavy atom. The number of para-hydroxylation sites is 1. The number of hydrogen-bond acceptors (Lipinski definition) is 3. The second-order valence-corrected chi connectivity index (χ2v) is 5.57. The molecule has 0 spiro atoms. The minimum Gasteiger partial charge on any atom is -0.487 e. The quantitative estimate of drug-likeness (QED) is 0.577. The first kappa shape index (κ1) is 10.5. The minimum atomic E-state index is -0.340. The van der Waals surface area contributed by atoms with Gasteiger partial charge in [0.2, 0.25) is 6.08 Å². The van der Waals surface area contributed by atoms with E-state index in [1.807, 2.05) is 12.1 Å². The molecule has 0 aromatic heterocycles. The van der Waals surface area contributed by atoms with Crippen molar-refractivity contribution in [3.8, 4) is 5.75 Å². The van der Waals surface area contributed by atoms with Gasteiger partial charge >= 0.3 is 0 Å². The van der Waals surface area contributed by atoms with E-state index in [0.717, 1.165) is 30.6 Å². The lowest BCUT2D eigenvalue weighted by Crippen LogP contribution is -2.25. The number of aliphatic imine (C=N–C) groups is 1. The van der Waals surface area contributed by atoms with Crippen molar-refractivity contribution in [3.63, 3.8) is 0 Å². The van der Waals surface area contributed by atoms with Crippen LogP contribution in [0.2, 0.25) is 0 Å². The monoisotopic (exact) mass is 229 g/mol. The summed E-state index contributed by atoms with van der Waals surface area (Å²) in [6, 6.07) is 6.14.